The number of rotatable bonds is 0. The quantitative estimate of drug-likeness (QED) is 0.532. The second-order valence-electron chi connectivity index (χ2n) is 2.01. The number of aryl methyl sites for hydroxylation is 2. The lowest BCUT2D eigenvalue weighted by Crippen LogP contribution is -1.95. The van der Waals surface area contributed by atoms with Crippen LogP contribution in [-0.2, 0) is 6.54 Å². The zero-order valence-corrected chi connectivity index (χ0v) is 5.98. The summed E-state index contributed by atoms with van der Waals surface area (Å²) in [4.78, 5) is 4.21. The Balaban J connectivity index is 2.51. The van der Waals surface area contributed by atoms with Gasteiger partial charge in [0.05, 0.1) is 6.54 Å². The summed E-state index contributed by atoms with van der Waals surface area (Å²) in [7, 11) is 0. The summed E-state index contributed by atoms with van der Waals surface area (Å²) >= 11 is 1.78. The molecule has 0 fully saturated rings. The molecule has 0 saturated heterocycles. The van der Waals surface area contributed by atoms with Crippen molar-refractivity contribution in [1.29, 1.82) is 0 Å². The largest absolute Gasteiger partial charge is 0.240 e. The summed E-state index contributed by atoms with van der Waals surface area (Å²) in [5, 5.41) is 5.25. The molecule has 3 nitrogen and oxygen atoms in total. The number of nitrogens with zero attached hydrogens (tertiary/aromatic N) is 3. The van der Waals surface area contributed by atoms with Gasteiger partial charge in [0.15, 0.2) is 5.16 Å². The van der Waals surface area contributed by atoms with Gasteiger partial charge >= 0.3 is 0 Å². The third-order valence-electron chi connectivity index (χ3n) is 1.28. The molecule has 2 heterocycles. The second kappa shape index (κ2) is 1.73. The molecule has 0 aliphatic carbocycles. The van der Waals surface area contributed by atoms with E-state index in [9.17, 15) is 0 Å². The van der Waals surface area contributed by atoms with E-state index in [0.717, 1.165) is 23.3 Å². The molecular formula is C5H7N3S. The van der Waals surface area contributed by atoms with Gasteiger partial charge in [0.25, 0.3) is 0 Å². The summed E-state index contributed by atoms with van der Waals surface area (Å²) < 4.78 is 1.96. The van der Waals surface area contributed by atoms with Gasteiger partial charge in [-0.05, 0) is 6.92 Å². The Hall–Kier alpha value is -0.510. The highest BCUT2D eigenvalue weighted by Gasteiger charge is 2.13. The van der Waals surface area contributed by atoms with E-state index in [1.165, 1.54) is 0 Å². The van der Waals surface area contributed by atoms with Crippen LogP contribution in [0.5, 0.6) is 0 Å². The number of hydrogen-bond donors (Lipinski definition) is 0. The lowest BCUT2D eigenvalue weighted by atomic mass is 10.8. The fraction of sp³-hybridized carbons (Fsp3) is 0.600. The van der Waals surface area contributed by atoms with Crippen molar-refractivity contribution >= 4 is 11.8 Å². The number of hydrogen-bond acceptors (Lipinski definition) is 3. The highest BCUT2D eigenvalue weighted by atomic mass is 32.2. The van der Waals surface area contributed by atoms with E-state index in [4.69, 9.17) is 0 Å². The zero-order valence-electron chi connectivity index (χ0n) is 5.16. The fourth-order valence-corrected chi connectivity index (χ4v) is 1.84. The van der Waals surface area contributed by atoms with Gasteiger partial charge in [-0.1, -0.05) is 11.8 Å². The molecule has 1 aliphatic heterocycles. The number of thioether (sulfide) groups is 1. The van der Waals surface area contributed by atoms with Crippen molar-refractivity contribution < 1.29 is 0 Å². The minimum Gasteiger partial charge on any atom is -0.240 e. The molecule has 0 bridgehead atoms. The van der Waals surface area contributed by atoms with Crippen molar-refractivity contribution in [2.45, 2.75) is 18.6 Å². The summed E-state index contributed by atoms with van der Waals surface area (Å²) in [6.45, 7) is 2.95. The van der Waals surface area contributed by atoms with Crippen molar-refractivity contribution in [3.63, 3.8) is 0 Å². The number of fused-ring (bicyclic) bond motifs is 1. The van der Waals surface area contributed by atoms with Crippen LogP contribution in [0.4, 0.5) is 0 Å². The van der Waals surface area contributed by atoms with Gasteiger partial charge in [-0.15, -0.1) is 0 Å². The Morgan fingerprint density at radius 1 is 1.67 bits per heavy atom. The van der Waals surface area contributed by atoms with E-state index in [1.54, 1.807) is 11.8 Å². The van der Waals surface area contributed by atoms with Crippen LogP contribution in [0.15, 0.2) is 5.16 Å². The third kappa shape index (κ3) is 0.738. The smallest absolute Gasteiger partial charge is 0.186 e. The molecular weight excluding hydrogens is 134 g/mol. The maximum absolute atomic E-state index is 4.21. The molecule has 0 saturated carbocycles. The molecule has 0 aromatic carbocycles. The standard InChI is InChI=1S/C5H7N3S/c1-4-6-5-8(7-4)2-3-9-5/h2-3H2,1H3. The maximum Gasteiger partial charge on any atom is 0.186 e. The lowest BCUT2D eigenvalue weighted by molar-refractivity contribution is 0.622. The average Bonchev–Trinajstić information content (AvgIpc) is 2.22. The number of aromatic nitrogens is 3. The van der Waals surface area contributed by atoms with Crippen LogP contribution in [0.2, 0.25) is 0 Å². The van der Waals surface area contributed by atoms with Crippen LogP contribution in [0.3, 0.4) is 0 Å². The van der Waals surface area contributed by atoms with E-state index < -0.39 is 0 Å². The highest BCUT2D eigenvalue weighted by Crippen LogP contribution is 2.21. The summed E-state index contributed by atoms with van der Waals surface area (Å²) in [5.41, 5.74) is 0. The van der Waals surface area contributed by atoms with Gasteiger partial charge in [-0.2, -0.15) is 5.10 Å². The molecule has 0 atom stereocenters. The first-order valence-corrected chi connectivity index (χ1v) is 3.89. The molecule has 1 aromatic heterocycles. The van der Waals surface area contributed by atoms with Gasteiger partial charge in [0.1, 0.15) is 5.82 Å². The van der Waals surface area contributed by atoms with Gasteiger partial charge in [-0.3, -0.25) is 0 Å². The summed E-state index contributed by atoms with van der Waals surface area (Å²) in [5.74, 6) is 2.02. The van der Waals surface area contributed by atoms with Gasteiger partial charge in [0.2, 0.25) is 0 Å². The minimum atomic E-state index is 0.886. The normalized spacial score (nSPS) is 16.1. The van der Waals surface area contributed by atoms with E-state index in [2.05, 4.69) is 10.1 Å². The Morgan fingerprint density at radius 3 is 3.33 bits per heavy atom. The van der Waals surface area contributed by atoms with Crippen molar-refractivity contribution in [3.8, 4) is 0 Å². The van der Waals surface area contributed by atoms with Crippen LogP contribution in [-0.4, -0.2) is 20.5 Å². The molecule has 0 N–H and O–H groups in total. The molecule has 2 rings (SSSR count). The van der Waals surface area contributed by atoms with E-state index in [0.29, 0.717) is 0 Å². The summed E-state index contributed by atoms with van der Waals surface area (Å²) in [6, 6.07) is 0. The van der Waals surface area contributed by atoms with E-state index >= 15 is 0 Å². The Labute approximate surface area is 57.5 Å². The second-order valence-corrected chi connectivity index (χ2v) is 3.08. The first-order chi connectivity index (χ1) is 4.36. The molecule has 9 heavy (non-hydrogen) atoms. The van der Waals surface area contributed by atoms with Crippen molar-refractivity contribution in [3.05, 3.63) is 5.82 Å². The Morgan fingerprint density at radius 2 is 2.56 bits per heavy atom. The van der Waals surface area contributed by atoms with Crippen LogP contribution >= 0.6 is 11.8 Å². The lowest BCUT2D eigenvalue weighted by Gasteiger charge is -1.84. The zero-order chi connectivity index (χ0) is 6.27. The first-order valence-electron chi connectivity index (χ1n) is 2.90. The Bertz CT molecular complexity index is 209. The van der Waals surface area contributed by atoms with E-state index in [-0.39, 0.29) is 0 Å². The molecule has 0 spiro atoms. The SMILES string of the molecule is Cc1nc2n(n1)CCS2. The first kappa shape index (κ1) is 5.29. The van der Waals surface area contributed by atoms with Crippen LogP contribution in [0.25, 0.3) is 0 Å². The predicted octanol–water partition coefficient (Wildman–Crippen LogP) is 0.692. The van der Waals surface area contributed by atoms with Gasteiger partial charge < -0.3 is 0 Å². The van der Waals surface area contributed by atoms with E-state index in [1.807, 2.05) is 11.6 Å². The molecule has 0 amide bonds. The molecule has 1 aromatic rings. The fourth-order valence-electron chi connectivity index (χ4n) is 0.912. The van der Waals surface area contributed by atoms with Crippen LogP contribution in [0.1, 0.15) is 5.82 Å². The molecule has 1 aliphatic rings. The monoisotopic (exact) mass is 141 g/mol. The molecule has 4 heteroatoms. The van der Waals surface area contributed by atoms with Gasteiger partial charge in [0, 0.05) is 5.75 Å². The van der Waals surface area contributed by atoms with Gasteiger partial charge in [-0.25, -0.2) is 9.67 Å². The topological polar surface area (TPSA) is 30.7 Å². The Kier molecular flexibility index (Phi) is 1.02. The third-order valence-corrected chi connectivity index (χ3v) is 2.22. The molecule has 48 valence electrons. The molecule has 0 radical (unpaired) electrons. The van der Waals surface area contributed by atoms with Crippen LogP contribution < -0.4 is 0 Å². The average molecular weight is 141 g/mol. The molecule has 0 unspecified atom stereocenters. The van der Waals surface area contributed by atoms with Crippen molar-refractivity contribution in [2.75, 3.05) is 5.75 Å². The van der Waals surface area contributed by atoms with Crippen molar-refractivity contribution in [1.82, 2.24) is 14.8 Å². The maximum atomic E-state index is 4.21. The summed E-state index contributed by atoms with van der Waals surface area (Å²) in [6.07, 6.45) is 0. The minimum absolute atomic E-state index is 0.886. The predicted molar refractivity (Wildman–Crippen MR) is 35.5 cm³/mol. The highest BCUT2D eigenvalue weighted by molar-refractivity contribution is 7.99. The van der Waals surface area contributed by atoms with Crippen LogP contribution in [0, 0.1) is 6.92 Å². The van der Waals surface area contributed by atoms with Crippen molar-refractivity contribution in [2.24, 2.45) is 0 Å².